The molecular formula is C17H28N2O4S. The molecule has 1 amide bonds. The van der Waals surface area contributed by atoms with Crippen LogP contribution in [0.3, 0.4) is 0 Å². The average Bonchev–Trinajstić information content (AvgIpc) is 2.49. The van der Waals surface area contributed by atoms with Crippen LogP contribution in [0.5, 0.6) is 0 Å². The van der Waals surface area contributed by atoms with Crippen molar-refractivity contribution in [2.45, 2.75) is 45.1 Å². The van der Waals surface area contributed by atoms with E-state index < -0.39 is 10.0 Å². The quantitative estimate of drug-likeness (QED) is 0.629. The molecule has 1 rings (SSSR count). The van der Waals surface area contributed by atoms with E-state index in [1.54, 1.807) is 26.0 Å². The van der Waals surface area contributed by atoms with Gasteiger partial charge in [0.1, 0.15) is 0 Å². The Morgan fingerprint density at radius 2 is 1.92 bits per heavy atom. The molecule has 6 nitrogen and oxygen atoms in total. The first-order chi connectivity index (χ1) is 11.2. The highest BCUT2D eigenvalue weighted by Gasteiger charge is 2.17. The fraction of sp³-hybridized carbons (Fsp3) is 0.588. The maximum absolute atomic E-state index is 12.1. The van der Waals surface area contributed by atoms with Crippen LogP contribution in [0.15, 0.2) is 29.2 Å². The van der Waals surface area contributed by atoms with E-state index in [1.807, 2.05) is 0 Å². The van der Waals surface area contributed by atoms with Crippen molar-refractivity contribution in [3.63, 3.8) is 0 Å². The largest absolute Gasteiger partial charge is 0.381 e. The first kappa shape index (κ1) is 20.6. The molecule has 0 radical (unpaired) electrons. The number of hydrogen-bond donors (Lipinski definition) is 2. The van der Waals surface area contributed by atoms with Crippen molar-refractivity contribution in [1.29, 1.82) is 0 Å². The molecule has 136 valence electrons. The topological polar surface area (TPSA) is 84.5 Å². The summed E-state index contributed by atoms with van der Waals surface area (Å²) in [6.07, 6.45) is 0.714. The molecule has 7 heteroatoms. The maximum Gasteiger partial charge on any atom is 0.251 e. The molecule has 0 fully saturated rings. The Hall–Kier alpha value is -1.44. The van der Waals surface area contributed by atoms with Crippen LogP contribution < -0.4 is 10.0 Å². The third kappa shape index (κ3) is 7.42. The minimum atomic E-state index is -3.61. The predicted molar refractivity (Wildman–Crippen MR) is 94.5 cm³/mol. The van der Waals surface area contributed by atoms with Crippen molar-refractivity contribution >= 4 is 15.9 Å². The van der Waals surface area contributed by atoms with Gasteiger partial charge >= 0.3 is 0 Å². The molecule has 0 heterocycles. The first-order valence-corrected chi connectivity index (χ1v) is 9.69. The van der Waals surface area contributed by atoms with Gasteiger partial charge in [-0.1, -0.05) is 19.9 Å². The summed E-state index contributed by atoms with van der Waals surface area (Å²) < 4.78 is 32.2. The maximum atomic E-state index is 12.1. The van der Waals surface area contributed by atoms with Gasteiger partial charge in [0, 0.05) is 31.4 Å². The number of carbonyl (C=O) groups is 1. The number of amides is 1. The number of rotatable bonds is 10. The van der Waals surface area contributed by atoms with Crippen LogP contribution >= 0.6 is 0 Å². The Morgan fingerprint density at radius 3 is 2.54 bits per heavy atom. The molecule has 0 bridgehead atoms. The molecule has 0 aliphatic carbocycles. The fourth-order valence-corrected chi connectivity index (χ4v) is 3.28. The lowest BCUT2D eigenvalue weighted by Gasteiger charge is -2.11. The summed E-state index contributed by atoms with van der Waals surface area (Å²) in [5.74, 6) is 0.198. The van der Waals surface area contributed by atoms with Crippen LogP contribution in [0.25, 0.3) is 0 Å². The minimum Gasteiger partial charge on any atom is -0.381 e. The second-order valence-electron chi connectivity index (χ2n) is 6.38. The smallest absolute Gasteiger partial charge is 0.251 e. The number of ether oxygens (including phenoxy) is 1. The molecular weight excluding hydrogens is 328 g/mol. The molecule has 0 aliphatic heterocycles. The van der Waals surface area contributed by atoms with E-state index in [1.165, 1.54) is 12.1 Å². The van der Waals surface area contributed by atoms with Crippen molar-refractivity contribution in [1.82, 2.24) is 10.0 Å². The minimum absolute atomic E-state index is 0.0871. The lowest BCUT2D eigenvalue weighted by atomic mass is 10.2. The summed E-state index contributed by atoms with van der Waals surface area (Å²) in [5, 5.41) is 2.77. The van der Waals surface area contributed by atoms with E-state index in [2.05, 4.69) is 23.9 Å². The lowest BCUT2D eigenvalue weighted by molar-refractivity contribution is 0.0925. The van der Waals surface area contributed by atoms with Gasteiger partial charge in [0.05, 0.1) is 4.90 Å². The molecule has 0 aromatic heterocycles. The molecule has 0 unspecified atom stereocenters. The highest BCUT2D eigenvalue weighted by molar-refractivity contribution is 7.89. The van der Waals surface area contributed by atoms with Gasteiger partial charge in [0.15, 0.2) is 0 Å². The van der Waals surface area contributed by atoms with E-state index in [0.29, 0.717) is 37.7 Å². The molecule has 2 N–H and O–H groups in total. The molecule has 0 saturated carbocycles. The highest BCUT2D eigenvalue weighted by atomic mass is 32.2. The number of hydrogen-bond acceptors (Lipinski definition) is 4. The van der Waals surface area contributed by atoms with Crippen molar-refractivity contribution in [3.05, 3.63) is 29.8 Å². The molecule has 0 saturated heterocycles. The van der Waals surface area contributed by atoms with E-state index in [0.717, 1.165) is 0 Å². The third-order valence-electron chi connectivity index (χ3n) is 3.00. The van der Waals surface area contributed by atoms with Gasteiger partial charge in [-0.05, 0) is 44.4 Å². The molecule has 0 spiro atoms. The molecule has 0 atom stereocenters. The lowest BCUT2D eigenvalue weighted by Crippen LogP contribution is -2.30. The van der Waals surface area contributed by atoms with Crippen molar-refractivity contribution < 1.29 is 17.9 Å². The number of nitrogens with one attached hydrogen (secondary N) is 2. The zero-order valence-electron chi connectivity index (χ0n) is 14.8. The van der Waals surface area contributed by atoms with Crippen LogP contribution in [0, 0.1) is 5.92 Å². The van der Waals surface area contributed by atoms with Crippen LogP contribution in [0.4, 0.5) is 0 Å². The van der Waals surface area contributed by atoms with E-state index >= 15 is 0 Å². The Balaban J connectivity index is 2.55. The SMILES string of the molecule is CC(C)COCCCNC(=O)c1cccc(S(=O)(=O)NC(C)C)c1. The monoisotopic (exact) mass is 356 g/mol. The highest BCUT2D eigenvalue weighted by Crippen LogP contribution is 2.12. The van der Waals surface area contributed by atoms with E-state index in [-0.39, 0.29) is 16.8 Å². The summed E-state index contributed by atoms with van der Waals surface area (Å²) in [6, 6.07) is 5.81. The standard InChI is InChI=1S/C17H28N2O4S/c1-13(2)12-23-10-6-9-18-17(20)15-7-5-8-16(11-15)24(21,22)19-14(3)4/h5,7-8,11,13-14,19H,6,9-10,12H2,1-4H3,(H,18,20). The summed E-state index contributed by atoms with van der Waals surface area (Å²) in [5.41, 5.74) is 0.324. The summed E-state index contributed by atoms with van der Waals surface area (Å²) >= 11 is 0. The van der Waals surface area contributed by atoms with Crippen LogP contribution in [-0.4, -0.2) is 40.1 Å². The molecule has 0 aliphatic rings. The number of benzene rings is 1. The Morgan fingerprint density at radius 1 is 1.21 bits per heavy atom. The summed E-state index contributed by atoms with van der Waals surface area (Å²) in [7, 11) is -3.61. The number of carbonyl (C=O) groups excluding carboxylic acids is 1. The normalized spacial score (nSPS) is 11.9. The summed E-state index contributed by atoms with van der Waals surface area (Å²) in [6.45, 7) is 9.43. The van der Waals surface area contributed by atoms with Crippen molar-refractivity contribution in [2.75, 3.05) is 19.8 Å². The van der Waals surface area contributed by atoms with Gasteiger partial charge in [0.25, 0.3) is 5.91 Å². The molecule has 24 heavy (non-hydrogen) atoms. The van der Waals surface area contributed by atoms with Crippen LogP contribution in [-0.2, 0) is 14.8 Å². The van der Waals surface area contributed by atoms with Gasteiger partial charge < -0.3 is 10.1 Å². The second-order valence-corrected chi connectivity index (χ2v) is 8.10. The predicted octanol–water partition coefficient (Wildman–Crippen LogP) is 2.17. The number of sulfonamides is 1. The van der Waals surface area contributed by atoms with Gasteiger partial charge in [-0.2, -0.15) is 0 Å². The Bertz CT molecular complexity index is 627. The van der Waals surface area contributed by atoms with Crippen LogP contribution in [0.1, 0.15) is 44.5 Å². The zero-order valence-corrected chi connectivity index (χ0v) is 15.7. The fourth-order valence-electron chi connectivity index (χ4n) is 1.98. The Labute approximate surface area is 145 Å². The van der Waals surface area contributed by atoms with Crippen LogP contribution in [0.2, 0.25) is 0 Å². The third-order valence-corrected chi connectivity index (χ3v) is 4.66. The average molecular weight is 356 g/mol. The zero-order chi connectivity index (χ0) is 18.2. The Kier molecular flexibility index (Phi) is 8.38. The summed E-state index contributed by atoms with van der Waals surface area (Å²) in [4.78, 5) is 12.2. The van der Waals surface area contributed by atoms with Gasteiger partial charge in [-0.3, -0.25) is 4.79 Å². The van der Waals surface area contributed by atoms with E-state index in [4.69, 9.17) is 4.74 Å². The van der Waals surface area contributed by atoms with Gasteiger partial charge in [-0.25, -0.2) is 13.1 Å². The van der Waals surface area contributed by atoms with Crippen molar-refractivity contribution in [2.24, 2.45) is 5.92 Å². The van der Waals surface area contributed by atoms with Gasteiger partial charge in [-0.15, -0.1) is 0 Å². The van der Waals surface area contributed by atoms with Gasteiger partial charge in [0.2, 0.25) is 10.0 Å². The molecule has 1 aromatic carbocycles. The first-order valence-electron chi connectivity index (χ1n) is 8.20. The molecule has 1 aromatic rings. The second kappa shape index (κ2) is 9.76. The van der Waals surface area contributed by atoms with Crippen molar-refractivity contribution in [3.8, 4) is 0 Å². The van der Waals surface area contributed by atoms with E-state index in [9.17, 15) is 13.2 Å².